The second-order valence-electron chi connectivity index (χ2n) is 8.21. The van der Waals surface area contributed by atoms with Gasteiger partial charge in [-0.15, -0.1) is 0 Å². The highest BCUT2D eigenvalue weighted by molar-refractivity contribution is 6.00. The fourth-order valence-electron chi connectivity index (χ4n) is 4.27. The van der Waals surface area contributed by atoms with E-state index in [2.05, 4.69) is 17.4 Å². The largest absolute Gasteiger partial charge is 0.507 e. The number of hydrogen-bond donors (Lipinski definition) is 2. The van der Waals surface area contributed by atoms with Gasteiger partial charge in [-0.05, 0) is 48.8 Å². The molecule has 0 spiro atoms. The molecule has 2 N–H and O–H groups in total. The Labute approximate surface area is 182 Å². The molecule has 1 aliphatic heterocycles. The zero-order chi connectivity index (χ0) is 21.6. The summed E-state index contributed by atoms with van der Waals surface area (Å²) in [4.78, 5) is 27.2. The molecule has 4 rings (SSSR count). The van der Waals surface area contributed by atoms with E-state index in [-0.39, 0.29) is 23.6 Å². The van der Waals surface area contributed by atoms with Crippen molar-refractivity contribution in [2.75, 3.05) is 13.1 Å². The van der Waals surface area contributed by atoms with Gasteiger partial charge in [0.15, 0.2) is 0 Å². The third-order valence-electron chi connectivity index (χ3n) is 5.87. The maximum absolute atomic E-state index is 13.1. The number of phenolic OH excluding ortho intramolecular Hbond substituents is 1. The predicted molar refractivity (Wildman–Crippen MR) is 122 cm³/mol. The van der Waals surface area contributed by atoms with Crippen LogP contribution in [0, 0.1) is 0 Å². The van der Waals surface area contributed by atoms with Crippen molar-refractivity contribution in [3.05, 3.63) is 77.9 Å². The summed E-state index contributed by atoms with van der Waals surface area (Å²) in [5.41, 5.74) is 1.72. The average Bonchev–Trinajstić information content (AvgIpc) is 2.79. The van der Waals surface area contributed by atoms with Crippen molar-refractivity contribution in [2.24, 2.45) is 0 Å². The first-order valence-electron chi connectivity index (χ1n) is 10.9. The van der Waals surface area contributed by atoms with Crippen molar-refractivity contribution in [1.82, 2.24) is 10.2 Å². The highest BCUT2D eigenvalue weighted by Gasteiger charge is 2.26. The topological polar surface area (TPSA) is 69.6 Å². The van der Waals surface area contributed by atoms with Crippen molar-refractivity contribution < 1.29 is 14.7 Å². The fraction of sp³-hybridized carbons (Fsp3) is 0.308. The SMILES string of the molecule is O=C(CCCc1ccccc1)NC1CCCN(C(=O)c2cc(O)c3ccccc3c2)C1. The lowest BCUT2D eigenvalue weighted by atomic mass is 10.0. The molecule has 0 radical (unpaired) electrons. The molecule has 1 heterocycles. The van der Waals surface area contributed by atoms with Gasteiger partial charge in [-0.1, -0.05) is 54.6 Å². The number of likely N-dealkylation sites (tertiary alicyclic amines) is 1. The lowest BCUT2D eigenvalue weighted by molar-refractivity contribution is -0.122. The summed E-state index contributed by atoms with van der Waals surface area (Å²) in [7, 11) is 0. The van der Waals surface area contributed by atoms with Crippen LogP contribution in [0.5, 0.6) is 5.75 Å². The van der Waals surface area contributed by atoms with Crippen LogP contribution in [0.2, 0.25) is 0 Å². The monoisotopic (exact) mass is 416 g/mol. The molecule has 160 valence electrons. The summed E-state index contributed by atoms with van der Waals surface area (Å²) < 4.78 is 0. The molecule has 0 aliphatic carbocycles. The molecule has 2 amide bonds. The van der Waals surface area contributed by atoms with Crippen molar-refractivity contribution in [3.8, 4) is 5.75 Å². The Morgan fingerprint density at radius 2 is 1.81 bits per heavy atom. The van der Waals surface area contributed by atoms with E-state index in [0.29, 0.717) is 25.1 Å². The standard InChI is InChI=1S/C26H28N2O3/c29-24-17-21(16-20-11-4-5-13-23(20)24)26(31)28-15-7-12-22(18-28)27-25(30)14-6-10-19-8-2-1-3-9-19/h1-5,8-9,11,13,16-17,22,29H,6-7,10,12,14-15,18H2,(H,27,30). The Morgan fingerprint density at radius 3 is 2.65 bits per heavy atom. The van der Waals surface area contributed by atoms with Gasteiger partial charge in [-0.25, -0.2) is 0 Å². The quantitative estimate of drug-likeness (QED) is 0.630. The Bertz CT molecular complexity index is 1060. The molecule has 1 saturated heterocycles. The number of benzene rings is 3. The Balaban J connectivity index is 1.32. The number of piperidine rings is 1. The number of fused-ring (bicyclic) bond motifs is 1. The molecule has 0 saturated carbocycles. The van der Waals surface area contributed by atoms with Gasteiger partial charge in [-0.3, -0.25) is 9.59 Å². The first-order valence-corrected chi connectivity index (χ1v) is 10.9. The Hall–Kier alpha value is -3.34. The van der Waals surface area contributed by atoms with Crippen LogP contribution in [0.3, 0.4) is 0 Å². The zero-order valence-corrected chi connectivity index (χ0v) is 17.6. The van der Waals surface area contributed by atoms with Crippen LogP contribution in [0.15, 0.2) is 66.7 Å². The number of amides is 2. The van der Waals surface area contributed by atoms with Crippen LogP contribution in [0.1, 0.15) is 41.6 Å². The molecule has 3 aromatic rings. The van der Waals surface area contributed by atoms with E-state index < -0.39 is 0 Å². The van der Waals surface area contributed by atoms with Crippen molar-refractivity contribution in [2.45, 2.75) is 38.1 Å². The molecule has 0 bridgehead atoms. The molecule has 0 aromatic heterocycles. The van der Waals surface area contributed by atoms with E-state index in [1.165, 1.54) is 11.6 Å². The average molecular weight is 417 g/mol. The Kier molecular flexibility index (Phi) is 6.51. The number of aromatic hydroxyl groups is 1. The second-order valence-corrected chi connectivity index (χ2v) is 8.21. The van der Waals surface area contributed by atoms with E-state index in [4.69, 9.17) is 0 Å². The fourth-order valence-corrected chi connectivity index (χ4v) is 4.27. The number of aryl methyl sites for hydroxylation is 1. The van der Waals surface area contributed by atoms with Crippen LogP contribution in [-0.4, -0.2) is 41.0 Å². The minimum absolute atomic E-state index is 0.0315. The van der Waals surface area contributed by atoms with E-state index in [0.717, 1.165) is 36.5 Å². The van der Waals surface area contributed by atoms with Crippen molar-refractivity contribution in [3.63, 3.8) is 0 Å². The van der Waals surface area contributed by atoms with E-state index in [9.17, 15) is 14.7 Å². The minimum Gasteiger partial charge on any atom is -0.507 e. The van der Waals surface area contributed by atoms with E-state index >= 15 is 0 Å². The lowest BCUT2D eigenvalue weighted by Gasteiger charge is -2.33. The molecule has 31 heavy (non-hydrogen) atoms. The zero-order valence-electron chi connectivity index (χ0n) is 17.6. The van der Waals surface area contributed by atoms with Gasteiger partial charge in [0, 0.05) is 36.5 Å². The normalized spacial score (nSPS) is 16.3. The van der Waals surface area contributed by atoms with Crippen molar-refractivity contribution in [1.29, 1.82) is 0 Å². The van der Waals surface area contributed by atoms with Gasteiger partial charge < -0.3 is 15.3 Å². The second kappa shape index (κ2) is 9.65. The highest BCUT2D eigenvalue weighted by Crippen LogP contribution is 2.27. The number of rotatable bonds is 6. The third kappa shape index (κ3) is 5.23. The van der Waals surface area contributed by atoms with Crippen LogP contribution >= 0.6 is 0 Å². The predicted octanol–water partition coefficient (Wildman–Crippen LogP) is 4.29. The highest BCUT2D eigenvalue weighted by atomic mass is 16.3. The summed E-state index contributed by atoms with van der Waals surface area (Å²) in [6.45, 7) is 1.16. The van der Waals surface area contributed by atoms with Gasteiger partial charge in [-0.2, -0.15) is 0 Å². The van der Waals surface area contributed by atoms with Crippen LogP contribution in [-0.2, 0) is 11.2 Å². The minimum atomic E-state index is -0.107. The molecule has 5 nitrogen and oxygen atoms in total. The number of nitrogens with one attached hydrogen (secondary N) is 1. The van der Waals surface area contributed by atoms with Gasteiger partial charge >= 0.3 is 0 Å². The summed E-state index contributed by atoms with van der Waals surface area (Å²) in [6, 6.07) is 21.0. The molecule has 1 atom stereocenters. The maximum Gasteiger partial charge on any atom is 0.254 e. The summed E-state index contributed by atoms with van der Waals surface area (Å²) >= 11 is 0. The number of carbonyl (C=O) groups excluding carboxylic acids is 2. The first kappa shape index (κ1) is 20.9. The van der Waals surface area contributed by atoms with Gasteiger partial charge in [0.1, 0.15) is 5.75 Å². The van der Waals surface area contributed by atoms with Crippen LogP contribution < -0.4 is 5.32 Å². The third-order valence-corrected chi connectivity index (χ3v) is 5.87. The first-order chi connectivity index (χ1) is 15.1. The summed E-state index contributed by atoms with van der Waals surface area (Å²) in [5, 5.41) is 15.0. The molecular formula is C26H28N2O3. The molecule has 1 fully saturated rings. The van der Waals surface area contributed by atoms with Gasteiger partial charge in [0.05, 0.1) is 0 Å². The molecule has 1 unspecified atom stereocenters. The van der Waals surface area contributed by atoms with E-state index in [1.54, 1.807) is 4.90 Å². The number of carbonyl (C=O) groups is 2. The van der Waals surface area contributed by atoms with Crippen molar-refractivity contribution >= 4 is 22.6 Å². The number of phenols is 1. The van der Waals surface area contributed by atoms with Gasteiger partial charge in [0.2, 0.25) is 5.91 Å². The summed E-state index contributed by atoms with van der Waals surface area (Å²) in [5.74, 6) is 0.0457. The van der Waals surface area contributed by atoms with Crippen LogP contribution in [0.25, 0.3) is 10.8 Å². The smallest absolute Gasteiger partial charge is 0.254 e. The van der Waals surface area contributed by atoms with Gasteiger partial charge in [0.25, 0.3) is 5.91 Å². The molecule has 3 aromatic carbocycles. The number of hydrogen-bond acceptors (Lipinski definition) is 3. The maximum atomic E-state index is 13.1. The molecular weight excluding hydrogens is 388 g/mol. The lowest BCUT2D eigenvalue weighted by Crippen LogP contribution is -2.49. The van der Waals surface area contributed by atoms with Crippen LogP contribution in [0.4, 0.5) is 0 Å². The molecule has 1 aliphatic rings. The number of nitrogens with zero attached hydrogens (tertiary/aromatic N) is 1. The Morgan fingerprint density at radius 1 is 1.03 bits per heavy atom. The van der Waals surface area contributed by atoms with E-state index in [1.807, 2.05) is 48.5 Å². The molecule has 5 heteroatoms. The summed E-state index contributed by atoms with van der Waals surface area (Å²) in [6.07, 6.45) is 3.89.